The van der Waals surface area contributed by atoms with Crippen molar-refractivity contribution in [2.45, 2.75) is 32.2 Å². The van der Waals surface area contributed by atoms with E-state index < -0.39 is 5.54 Å². The predicted octanol–water partition coefficient (Wildman–Crippen LogP) is 3.03. The van der Waals surface area contributed by atoms with Crippen molar-refractivity contribution < 1.29 is 18.7 Å². The molecule has 0 aliphatic carbocycles. The molecule has 0 atom stereocenters. The maximum Gasteiger partial charge on any atom is 0.221 e. The average molecular weight is 315 g/mol. The summed E-state index contributed by atoms with van der Waals surface area (Å²) in [6.45, 7) is 5.07. The third-order valence-electron chi connectivity index (χ3n) is 3.89. The Morgan fingerprint density at radius 2 is 1.96 bits per heavy atom. The monoisotopic (exact) mass is 315 g/mol. The van der Waals surface area contributed by atoms with E-state index in [0.29, 0.717) is 26.1 Å². The van der Waals surface area contributed by atoms with Crippen molar-refractivity contribution in [2.75, 3.05) is 13.2 Å². The standard InChI is InChI=1S/C18H21NO4/c1-18(2,19-17(20)8-6-14-4-3-9-21-14)13-5-7-15-16(12-13)23-11-10-22-15/h3-5,7,9,12H,6,8,10-11H2,1-2H3,(H,19,20). The number of furan rings is 1. The van der Waals surface area contributed by atoms with Crippen LogP contribution in [0.3, 0.4) is 0 Å². The molecule has 2 aromatic rings. The Hall–Kier alpha value is -2.43. The van der Waals surface area contributed by atoms with Gasteiger partial charge in [-0.15, -0.1) is 0 Å². The molecule has 5 heteroatoms. The van der Waals surface area contributed by atoms with Gasteiger partial charge in [-0.25, -0.2) is 0 Å². The molecule has 1 aromatic heterocycles. The molecule has 0 saturated heterocycles. The largest absolute Gasteiger partial charge is 0.486 e. The lowest BCUT2D eigenvalue weighted by Crippen LogP contribution is -2.41. The first kappa shape index (κ1) is 15.5. The van der Waals surface area contributed by atoms with E-state index in [9.17, 15) is 4.79 Å². The minimum atomic E-state index is -0.490. The Bertz CT molecular complexity index is 676. The summed E-state index contributed by atoms with van der Waals surface area (Å²) in [5.41, 5.74) is 0.490. The lowest BCUT2D eigenvalue weighted by Gasteiger charge is -2.28. The van der Waals surface area contributed by atoms with E-state index >= 15 is 0 Å². The molecule has 1 aliphatic rings. The zero-order valence-electron chi connectivity index (χ0n) is 13.4. The van der Waals surface area contributed by atoms with Crippen LogP contribution in [0.15, 0.2) is 41.0 Å². The number of hydrogen-bond donors (Lipinski definition) is 1. The quantitative estimate of drug-likeness (QED) is 0.921. The Kier molecular flexibility index (Phi) is 4.28. The van der Waals surface area contributed by atoms with E-state index in [1.54, 1.807) is 6.26 Å². The Morgan fingerprint density at radius 1 is 1.17 bits per heavy atom. The van der Waals surface area contributed by atoms with Crippen molar-refractivity contribution in [1.29, 1.82) is 0 Å². The van der Waals surface area contributed by atoms with Gasteiger partial charge in [-0.2, -0.15) is 0 Å². The molecule has 23 heavy (non-hydrogen) atoms. The van der Waals surface area contributed by atoms with Gasteiger partial charge in [-0.3, -0.25) is 4.79 Å². The lowest BCUT2D eigenvalue weighted by atomic mass is 9.93. The minimum Gasteiger partial charge on any atom is -0.486 e. The summed E-state index contributed by atoms with van der Waals surface area (Å²) in [4.78, 5) is 12.2. The van der Waals surface area contributed by atoms with E-state index in [-0.39, 0.29) is 5.91 Å². The van der Waals surface area contributed by atoms with Crippen LogP contribution >= 0.6 is 0 Å². The van der Waals surface area contributed by atoms with Gasteiger partial charge in [0.25, 0.3) is 0 Å². The van der Waals surface area contributed by atoms with Gasteiger partial charge in [0.05, 0.1) is 11.8 Å². The molecule has 1 N–H and O–H groups in total. The number of carbonyl (C=O) groups is 1. The van der Waals surface area contributed by atoms with E-state index in [1.807, 2.05) is 44.2 Å². The second-order valence-corrected chi connectivity index (χ2v) is 6.11. The molecular formula is C18H21NO4. The van der Waals surface area contributed by atoms with Gasteiger partial charge in [-0.1, -0.05) is 6.07 Å². The van der Waals surface area contributed by atoms with Gasteiger partial charge in [-0.05, 0) is 43.7 Å². The van der Waals surface area contributed by atoms with Crippen molar-refractivity contribution in [2.24, 2.45) is 0 Å². The highest BCUT2D eigenvalue weighted by Gasteiger charge is 2.25. The second kappa shape index (κ2) is 6.36. The number of carbonyl (C=O) groups excluding carboxylic acids is 1. The first-order valence-corrected chi connectivity index (χ1v) is 7.78. The molecule has 0 bridgehead atoms. The maximum atomic E-state index is 12.2. The second-order valence-electron chi connectivity index (χ2n) is 6.11. The number of nitrogens with one attached hydrogen (secondary N) is 1. The molecule has 0 spiro atoms. The van der Waals surface area contributed by atoms with Crippen molar-refractivity contribution in [3.63, 3.8) is 0 Å². The highest BCUT2D eigenvalue weighted by atomic mass is 16.6. The summed E-state index contributed by atoms with van der Waals surface area (Å²) < 4.78 is 16.4. The first-order valence-electron chi connectivity index (χ1n) is 7.78. The lowest BCUT2D eigenvalue weighted by molar-refractivity contribution is -0.122. The van der Waals surface area contributed by atoms with Crippen LogP contribution in [-0.2, 0) is 16.8 Å². The van der Waals surface area contributed by atoms with Gasteiger partial charge in [0.1, 0.15) is 19.0 Å². The van der Waals surface area contributed by atoms with Gasteiger partial charge < -0.3 is 19.2 Å². The molecule has 3 rings (SSSR count). The summed E-state index contributed by atoms with van der Waals surface area (Å²) in [5, 5.41) is 3.06. The average Bonchev–Trinajstić information content (AvgIpc) is 3.05. The first-order chi connectivity index (χ1) is 11.0. The van der Waals surface area contributed by atoms with Crippen LogP contribution in [0.4, 0.5) is 0 Å². The topological polar surface area (TPSA) is 60.7 Å². The third-order valence-corrected chi connectivity index (χ3v) is 3.89. The zero-order valence-corrected chi connectivity index (χ0v) is 13.4. The summed E-state index contributed by atoms with van der Waals surface area (Å²) in [5.74, 6) is 2.28. The number of amides is 1. The van der Waals surface area contributed by atoms with Crippen LogP contribution in [0.2, 0.25) is 0 Å². The molecule has 1 aliphatic heterocycles. The minimum absolute atomic E-state index is 0.0127. The van der Waals surface area contributed by atoms with Gasteiger partial charge in [0, 0.05) is 12.8 Å². The number of rotatable bonds is 5. The number of fused-ring (bicyclic) bond motifs is 1. The van der Waals surface area contributed by atoms with E-state index in [0.717, 1.165) is 22.8 Å². The zero-order chi connectivity index (χ0) is 16.3. The van der Waals surface area contributed by atoms with Gasteiger partial charge in [0.15, 0.2) is 11.5 Å². The fraction of sp³-hybridized carbons (Fsp3) is 0.389. The van der Waals surface area contributed by atoms with Crippen molar-refractivity contribution in [3.05, 3.63) is 47.9 Å². The molecule has 1 aromatic carbocycles. The molecule has 2 heterocycles. The van der Waals surface area contributed by atoms with E-state index in [1.165, 1.54) is 0 Å². The number of hydrogen-bond acceptors (Lipinski definition) is 4. The van der Waals surface area contributed by atoms with Crippen molar-refractivity contribution in [1.82, 2.24) is 5.32 Å². The Morgan fingerprint density at radius 3 is 2.70 bits per heavy atom. The molecule has 0 fully saturated rings. The van der Waals surface area contributed by atoms with Crippen LogP contribution in [0.5, 0.6) is 11.5 Å². The van der Waals surface area contributed by atoms with Crippen LogP contribution in [0.25, 0.3) is 0 Å². The third kappa shape index (κ3) is 3.67. The molecule has 0 unspecified atom stereocenters. The van der Waals surface area contributed by atoms with Crippen LogP contribution in [-0.4, -0.2) is 19.1 Å². The summed E-state index contributed by atoms with van der Waals surface area (Å²) in [7, 11) is 0. The van der Waals surface area contributed by atoms with Gasteiger partial charge >= 0.3 is 0 Å². The summed E-state index contributed by atoms with van der Waals surface area (Å²) in [6, 6.07) is 9.48. The highest BCUT2D eigenvalue weighted by molar-refractivity contribution is 5.77. The number of benzene rings is 1. The Labute approximate surface area is 135 Å². The number of aryl methyl sites for hydroxylation is 1. The molecule has 1 amide bonds. The SMILES string of the molecule is CC(C)(NC(=O)CCc1ccco1)c1ccc2c(c1)OCCO2. The molecule has 5 nitrogen and oxygen atoms in total. The molecule has 122 valence electrons. The maximum absolute atomic E-state index is 12.2. The van der Waals surface area contributed by atoms with Gasteiger partial charge in [0.2, 0.25) is 5.91 Å². The fourth-order valence-corrected chi connectivity index (χ4v) is 2.61. The van der Waals surface area contributed by atoms with E-state index in [2.05, 4.69) is 5.32 Å². The fourth-order valence-electron chi connectivity index (χ4n) is 2.61. The van der Waals surface area contributed by atoms with Crippen molar-refractivity contribution >= 4 is 5.91 Å². The van der Waals surface area contributed by atoms with Crippen LogP contribution in [0, 0.1) is 0 Å². The summed E-state index contributed by atoms with van der Waals surface area (Å²) in [6.07, 6.45) is 2.60. The molecule has 0 radical (unpaired) electrons. The normalized spacial score (nSPS) is 13.7. The molecule has 0 saturated carbocycles. The molecular weight excluding hydrogens is 294 g/mol. The van der Waals surface area contributed by atoms with Crippen LogP contribution < -0.4 is 14.8 Å². The Balaban J connectivity index is 1.64. The van der Waals surface area contributed by atoms with Crippen molar-refractivity contribution in [3.8, 4) is 11.5 Å². The van der Waals surface area contributed by atoms with Crippen LogP contribution in [0.1, 0.15) is 31.6 Å². The highest BCUT2D eigenvalue weighted by Crippen LogP contribution is 2.34. The predicted molar refractivity (Wildman–Crippen MR) is 85.6 cm³/mol. The summed E-state index contributed by atoms with van der Waals surface area (Å²) >= 11 is 0. The van der Waals surface area contributed by atoms with E-state index in [4.69, 9.17) is 13.9 Å². The number of ether oxygens (including phenoxy) is 2. The smallest absolute Gasteiger partial charge is 0.221 e.